The maximum atomic E-state index is 11.9. The number of benzene rings is 1. The molecule has 0 aromatic heterocycles. The van der Waals surface area contributed by atoms with Gasteiger partial charge in [0, 0.05) is 0 Å². The molecule has 20 heavy (non-hydrogen) atoms. The summed E-state index contributed by atoms with van der Waals surface area (Å²) >= 11 is 0. The fourth-order valence-electron chi connectivity index (χ4n) is 1.39. The lowest BCUT2D eigenvalue weighted by atomic mass is 10.2. The summed E-state index contributed by atoms with van der Waals surface area (Å²) in [7, 11) is -8.28. The Kier molecular flexibility index (Phi) is 4.43. The normalized spacial score (nSPS) is 11.8. The van der Waals surface area contributed by atoms with Crippen molar-refractivity contribution in [2.24, 2.45) is 5.14 Å². The first-order valence-corrected chi connectivity index (χ1v) is 8.36. The molecule has 0 aliphatic heterocycles. The third-order valence-corrected chi connectivity index (χ3v) is 5.05. The number of sulfonamides is 1. The highest BCUT2D eigenvalue weighted by molar-refractivity contribution is 7.94. The second kappa shape index (κ2) is 5.53. The van der Waals surface area contributed by atoms with Gasteiger partial charge in [-0.25, -0.2) is 22.0 Å². The fourth-order valence-corrected chi connectivity index (χ4v) is 4.18. The van der Waals surface area contributed by atoms with E-state index in [1.165, 1.54) is 6.07 Å². The van der Waals surface area contributed by atoms with Crippen molar-refractivity contribution in [1.82, 2.24) is 0 Å². The van der Waals surface area contributed by atoms with Crippen molar-refractivity contribution in [2.45, 2.75) is 4.90 Å². The smallest absolute Gasteiger partial charge is 0.258 e. The van der Waals surface area contributed by atoms with Gasteiger partial charge < -0.3 is 0 Å². The number of nitrogens with two attached hydrogens (primary N) is 1. The van der Waals surface area contributed by atoms with Crippen molar-refractivity contribution < 1.29 is 21.8 Å². The van der Waals surface area contributed by atoms with Gasteiger partial charge in [-0.05, 0) is 12.1 Å². The van der Waals surface area contributed by atoms with Crippen LogP contribution >= 0.6 is 0 Å². The zero-order valence-electron chi connectivity index (χ0n) is 9.88. The molecule has 9 nitrogen and oxygen atoms in total. The van der Waals surface area contributed by atoms with Crippen molar-refractivity contribution in [1.29, 1.82) is 5.26 Å². The van der Waals surface area contributed by atoms with Crippen molar-refractivity contribution in [3.05, 3.63) is 33.9 Å². The van der Waals surface area contributed by atoms with Crippen LogP contribution < -0.4 is 5.14 Å². The molecule has 0 atom stereocenters. The van der Waals surface area contributed by atoms with Gasteiger partial charge in [-0.15, -0.1) is 0 Å². The molecule has 0 heterocycles. The fraction of sp³-hybridized carbons (Fsp3) is 0.222. The molecule has 1 aromatic carbocycles. The molecule has 0 aliphatic carbocycles. The van der Waals surface area contributed by atoms with E-state index < -0.39 is 52.4 Å². The lowest BCUT2D eigenvalue weighted by Crippen LogP contribution is -2.23. The Morgan fingerprint density at radius 1 is 1.25 bits per heavy atom. The van der Waals surface area contributed by atoms with E-state index in [0.29, 0.717) is 0 Å². The highest BCUT2D eigenvalue weighted by Crippen LogP contribution is 2.28. The van der Waals surface area contributed by atoms with Crippen LogP contribution in [0.25, 0.3) is 0 Å². The summed E-state index contributed by atoms with van der Waals surface area (Å²) in [4.78, 5) is 9.20. The Hall–Kier alpha value is -2.03. The van der Waals surface area contributed by atoms with Crippen LogP contribution in [0.2, 0.25) is 0 Å². The average Bonchev–Trinajstić information content (AvgIpc) is 2.34. The number of nitro benzene ring substituents is 1. The summed E-state index contributed by atoms with van der Waals surface area (Å²) in [5, 5.41) is 24.3. The summed E-state index contributed by atoms with van der Waals surface area (Å²) in [6.07, 6.45) is 0. The largest absolute Gasteiger partial charge is 0.305 e. The van der Waals surface area contributed by atoms with E-state index in [4.69, 9.17) is 10.4 Å². The molecule has 1 aromatic rings. The van der Waals surface area contributed by atoms with E-state index in [1.54, 1.807) is 0 Å². The van der Waals surface area contributed by atoms with E-state index in [2.05, 4.69) is 0 Å². The van der Waals surface area contributed by atoms with Crippen LogP contribution in [-0.4, -0.2) is 33.3 Å². The number of hydrogen-bond donors (Lipinski definition) is 1. The molecule has 0 amide bonds. The Morgan fingerprint density at radius 2 is 1.85 bits per heavy atom. The molecule has 0 saturated heterocycles. The number of rotatable bonds is 5. The molecule has 0 fully saturated rings. The summed E-state index contributed by atoms with van der Waals surface area (Å²) in [5.74, 6) is -1.77. The number of nitrogens with zero attached hydrogens (tertiary/aromatic N) is 2. The number of primary sulfonamides is 1. The van der Waals surface area contributed by atoms with Gasteiger partial charge in [0.25, 0.3) is 0 Å². The number of para-hydroxylation sites is 1. The molecule has 1 rings (SSSR count). The van der Waals surface area contributed by atoms with Gasteiger partial charge in [0.15, 0.2) is 9.84 Å². The van der Waals surface area contributed by atoms with Gasteiger partial charge in [0.05, 0.1) is 16.4 Å². The second-order valence-electron chi connectivity index (χ2n) is 3.71. The lowest BCUT2D eigenvalue weighted by molar-refractivity contribution is -0.388. The minimum atomic E-state index is -4.25. The topological polar surface area (TPSA) is 161 Å². The molecule has 0 bridgehead atoms. The van der Waals surface area contributed by atoms with E-state index in [-0.39, 0.29) is 0 Å². The van der Waals surface area contributed by atoms with Crippen LogP contribution in [0.3, 0.4) is 0 Å². The van der Waals surface area contributed by atoms with Crippen LogP contribution in [0.4, 0.5) is 5.69 Å². The SMILES string of the molecule is N#Cc1cccc(S(=O)(=O)CCS(N)(=O)=O)c1[N+](=O)[O-]. The zero-order valence-corrected chi connectivity index (χ0v) is 11.5. The summed E-state index contributed by atoms with van der Waals surface area (Å²) in [6.45, 7) is 0. The van der Waals surface area contributed by atoms with Crippen LogP contribution in [-0.2, 0) is 19.9 Å². The van der Waals surface area contributed by atoms with Gasteiger partial charge in [0.2, 0.25) is 10.0 Å². The molecule has 0 saturated carbocycles. The maximum Gasteiger partial charge on any atom is 0.305 e. The van der Waals surface area contributed by atoms with Gasteiger partial charge in [-0.3, -0.25) is 10.1 Å². The summed E-state index contributed by atoms with van der Waals surface area (Å²) in [6, 6.07) is 4.71. The molecule has 0 unspecified atom stereocenters. The predicted molar refractivity (Wildman–Crippen MR) is 67.8 cm³/mol. The highest BCUT2D eigenvalue weighted by atomic mass is 32.2. The van der Waals surface area contributed by atoms with Crippen LogP contribution in [0.1, 0.15) is 5.56 Å². The number of nitro groups is 1. The second-order valence-corrected chi connectivity index (χ2v) is 7.52. The van der Waals surface area contributed by atoms with Crippen molar-refractivity contribution in [3.63, 3.8) is 0 Å². The number of nitriles is 1. The molecular weight excluding hydrogens is 310 g/mol. The lowest BCUT2D eigenvalue weighted by Gasteiger charge is -2.05. The number of sulfone groups is 1. The summed E-state index contributed by atoms with van der Waals surface area (Å²) in [5.41, 5.74) is -1.30. The van der Waals surface area contributed by atoms with Gasteiger partial charge in [-0.1, -0.05) is 6.07 Å². The van der Waals surface area contributed by atoms with E-state index in [9.17, 15) is 26.9 Å². The molecular formula is C9H9N3O6S2. The van der Waals surface area contributed by atoms with Gasteiger partial charge >= 0.3 is 5.69 Å². The predicted octanol–water partition coefficient (Wildman–Crippen LogP) is -0.471. The molecule has 0 spiro atoms. The highest BCUT2D eigenvalue weighted by Gasteiger charge is 2.29. The monoisotopic (exact) mass is 319 g/mol. The van der Waals surface area contributed by atoms with Crippen LogP contribution in [0, 0.1) is 21.4 Å². The molecule has 108 valence electrons. The first kappa shape index (κ1) is 16.0. The maximum absolute atomic E-state index is 11.9. The van der Waals surface area contributed by atoms with Crippen molar-refractivity contribution >= 4 is 25.5 Å². The van der Waals surface area contributed by atoms with Crippen molar-refractivity contribution in [2.75, 3.05) is 11.5 Å². The molecule has 0 aliphatic rings. The quantitative estimate of drug-likeness (QED) is 0.566. The minimum absolute atomic E-state index is 0.424. The Bertz CT molecular complexity index is 791. The zero-order chi connectivity index (χ0) is 15.6. The average molecular weight is 319 g/mol. The first-order chi connectivity index (χ1) is 9.08. The van der Waals surface area contributed by atoms with Crippen molar-refractivity contribution in [3.8, 4) is 6.07 Å². The standard InChI is InChI=1S/C9H9N3O6S2/c10-6-7-2-1-3-8(9(7)12(13)14)19(15,16)4-5-20(11,17)18/h1-3H,4-5H2,(H2,11,17,18). The van der Waals surface area contributed by atoms with E-state index in [1.807, 2.05) is 0 Å². The van der Waals surface area contributed by atoms with Crippen LogP contribution in [0.15, 0.2) is 23.1 Å². The van der Waals surface area contributed by atoms with Gasteiger partial charge in [-0.2, -0.15) is 5.26 Å². The Balaban J connectivity index is 3.40. The minimum Gasteiger partial charge on any atom is -0.258 e. The molecule has 2 N–H and O–H groups in total. The third-order valence-electron chi connectivity index (χ3n) is 2.27. The molecule has 11 heteroatoms. The van der Waals surface area contributed by atoms with Gasteiger partial charge in [0.1, 0.15) is 16.5 Å². The van der Waals surface area contributed by atoms with E-state index in [0.717, 1.165) is 18.2 Å². The van der Waals surface area contributed by atoms with E-state index >= 15 is 0 Å². The first-order valence-electron chi connectivity index (χ1n) is 4.99. The van der Waals surface area contributed by atoms with Crippen LogP contribution in [0.5, 0.6) is 0 Å². The Labute approximate surface area is 114 Å². The number of hydrogen-bond acceptors (Lipinski definition) is 7. The summed E-state index contributed by atoms with van der Waals surface area (Å²) < 4.78 is 45.4. The Morgan fingerprint density at radius 3 is 2.30 bits per heavy atom. The third kappa shape index (κ3) is 3.73. The molecule has 0 radical (unpaired) electrons.